The third-order valence-electron chi connectivity index (χ3n) is 2.49. The molecule has 3 heteroatoms. The van der Waals surface area contributed by atoms with Gasteiger partial charge in [0, 0.05) is 10.6 Å². The number of aliphatic carboxylic acids is 1. The van der Waals surface area contributed by atoms with Crippen molar-refractivity contribution in [2.45, 2.75) is 6.42 Å². The zero-order valence-electron chi connectivity index (χ0n) is 9.06. The van der Waals surface area contributed by atoms with Crippen LogP contribution in [0.4, 0.5) is 0 Å². The van der Waals surface area contributed by atoms with Gasteiger partial charge >= 0.3 is 5.97 Å². The van der Waals surface area contributed by atoms with Gasteiger partial charge < -0.3 is 5.11 Å². The molecule has 0 unspecified atom stereocenters. The predicted octanol–water partition coefficient (Wildman–Crippen LogP) is 3.63. The lowest BCUT2D eigenvalue weighted by atomic mass is 10.0. The maximum Gasteiger partial charge on any atom is 0.307 e. The molecule has 2 rings (SSSR count). The van der Waals surface area contributed by atoms with Crippen LogP contribution in [0.1, 0.15) is 5.56 Å². The van der Waals surface area contributed by atoms with Gasteiger partial charge in [-0.15, -0.1) is 0 Å². The van der Waals surface area contributed by atoms with Crippen LogP contribution in [0.15, 0.2) is 48.5 Å². The maximum absolute atomic E-state index is 10.6. The Balaban J connectivity index is 2.30. The molecule has 0 saturated heterocycles. The van der Waals surface area contributed by atoms with Crippen molar-refractivity contribution in [1.82, 2.24) is 0 Å². The molecule has 2 aromatic rings. The van der Waals surface area contributed by atoms with Gasteiger partial charge in [0.05, 0.1) is 6.42 Å². The van der Waals surface area contributed by atoms with Crippen molar-refractivity contribution in [1.29, 1.82) is 0 Å². The van der Waals surface area contributed by atoms with E-state index in [1.54, 1.807) is 0 Å². The summed E-state index contributed by atoms with van der Waals surface area (Å²) in [5.41, 5.74) is 2.73. The van der Waals surface area contributed by atoms with E-state index in [1.165, 1.54) is 0 Å². The Kier molecular flexibility index (Phi) is 3.45. The van der Waals surface area contributed by atoms with Gasteiger partial charge in [-0.25, -0.2) is 0 Å². The van der Waals surface area contributed by atoms with Gasteiger partial charge in [0.25, 0.3) is 0 Å². The first-order valence-corrected chi connectivity index (χ1v) is 5.60. The van der Waals surface area contributed by atoms with E-state index in [1.807, 2.05) is 48.5 Å². The van der Waals surface area contributed by atoms with Crippen LogP contribution < -0.4 is 0 Å². The number of carbonyl (C=O) groups is 1. The minimum absolute atomic E-state index is 0.0444. The fraction of sp³-hybridized carbons (Fsp3) is 0.0714. The summed E-state index contributed by atoms with van der Waals surface area (Å²) in [5, 5.41) is 9.37. The molecular formula is C14H11ClO2. The van der Waals surface area contributed by atoms with Gasteiger partial charge in [-0.1, -0.05) is 54.1 Å². The van der Waals surface area contributed by atoms with E-state index in [0.717, 1.165) is 16.7 Å². The van der Waals surface area contributed by atoms with Gasteiger partial charge in [0.2, 0.25) is 0 Å². The van der Waals surface area contributed by atoms with Crippen molar-refractivity contribution in [2.24, 2.45) is 0 Å². The summed E-state index contributed by atoms with van der Waals surface area (Å²) in [6.45, 7) is 0. The summed E-state index contributed by atoms with van der Waals surface area (Å²) < 4.78 is 0. The van der Waals surface area contributed by atoms with Crippen molar-refractivity contribution in [3.05, 3.63) is 59.1 Å². The van der Waals surface area contributed by atoms with E-state index in [4.69, 9.17) is 16.7 Å². The highest BCUT2D eigenvalue weighted by molar-refractivity contribution is 6.33. The van der Waals surface area contributed by atoms with Gasteiger partial charge in [0.1, 0.15) is 0 Å². The molecule has 0 fully saturated rings. The average Bonchev–Trinajstić information content (AvgIpc) is 2.30. The molecule has 0 aliphatic rings. The number of carboxylic acids is 1. The highest BCUT2D eigenvalue weighted by Crippen LogP contribution is 2.27. The van der Waals surface area contributed by atoms with Crippen LogP contribution in [-0.2, 0) is 11.2 Å². The number of rotatable bonds is 3. The topological polar surface area (TPSA) is 37.3 Å². The molecule has 86 valence electrons. The molecule has 2 nitrogen and oxygen atoms in total. The quantitative estimate of drug-likeness (QED) is 0.898. The Morgan fingerprint density at radius 2 is 1.71 bits per heavy atom. The summed E-state index contributed by atoms with van der Waals surface area (Å²) in [5.74, 6) is -0.824. The molecule has 0 atom stereocenters. The molecule has 0 bridgehead atoms. The van der Waals surface area contributed by atoms with E-state index in [2.05, 4.69) is 0 Å². The summed E-state index contributed by atoms with van der Waals surface area (Å²) >= 11 is 6.09. The minimum Gasteiger partial charge on any atom is -0.481 e. The van der Waals surface area contributed by atoms with E-state index in [-0.39, 0.29) is 6.42 Å². The first-order valence-electron chi connectivity index (χ1n) is 5.22. The van der Waals surface area contributed by atoms with Crippen molar-refractivity contribution >= 4 is 17.6 Å². The van der Waals surface area contributed by atoms with Crippen molar-refractivity contribution in [3.63, 3.8) is 0 Å². The second-order valence-corrected chi connectivity index (χ2v) is 4.15. The van der Waals surface area contributed by atoms with E-state index in [9.17, 15) is 4.79 Å². The zero-order chi connectivity index (χ0) is 12.3. The standard InChI is InChI=1S/C14H11ClO2/c15-13-4-2-1-3-12(13)11-7-5-10(6-8-11)9-14(16)17/h1-8H,9H2,(H,16,17). The fourth-order valence-electron chi connectivity index (χ4n) is 1.67. The van der Waals surface area contributed by atoms with Crippen LogP contribution in [0, 0.1) is 0 Å². The lowest BCUT2D eigenvalue weighted by molar-refractivity contribution is -0.136. The molecule has 0 aliphatic heterocycles. The van der Waals surface area contributed by atoms with E-state index >= 15 is 0 Å². The lowest BCUT2D eigenvalue weighted by Crippen LogP contribution is -1.99. The molecule has 0 saturated carbocycles. The van der Waals surface area contributed by atoms with Gasteiger partial charge in [-0.05, 0) is 17.2 Å². The summed E-state index contributed by atoms with van der Waals surface area (Å²) in [6.07, 6.45) is 0.0444. The molecule has 0 heterocycles. The van der Waals surface area contributed by atoms with E-state index in [0.29, 0.717) is 5.02 Å². The molecule has 2 aromatic carbocycles. The second-order valence-electron chi connectivity index (χ2n) is 3.75. The number of hydrogen-bond donors (Lipinski definition) is 1. The van der Waals surface area contributed by atoms with Crippen LogP contribution in [0.25, 0.3) is 11.1 Å². The highest BCUT2D eigenvalue weighted by atomic mass is 35.5. The third-order valence-corrected chi connectivity index (χ3v) is 2.82. The largest absolute Gasteiger partial charge is 0.481 e. The number of benzene rings is 2. The Hall–Kier alpha value is -1.80. The monoisotopic (exact) mass is 246 g/mol. The predicted molar refractivity (Wildman–Crippen MR) is 68.2 cm³/mol. The summed E-state index contributed by atoms with van der Waals surface area (Å²) in [6, 6.07) is 15.0. The Bertz CT molecular complexity index is 532. The molecule has 0 aromatic heterocycles. The normalized spacial score (nSPS) is 10.2. The van der Waals surface area contributed by atoms with Crippen LogP contribution in [0.2, 0.25) is 5.02 Å². The van der Waals surface area contributed by atoms with Gasteiger partial charge in [-0.2, -0.15) is 0 Å². The van der Waals surface area contributed by atoms with Gasteiger partial charge in [-0.3, -0.25) is 4.79 Å². The van der Waals surface area contributed by atoms with E-state index < -0.39 is 5.97 Å². The smallest absolute Gasteiger partial charge is 0.307 e. The molecule has 0 radical (unpaired) electrons. The maximum atomic E-state index is 10.6. The van der Waals surface area contributed by atoms with Gasteiger partial charge in [0.15, 0.2) is 0 Å². The first-order chi connectivity index (χ1) is 8.16. The number of hydrogen-bond acceptors (Lipinski definition) is 1. The Labute approximate surface area is 104 Å². The van der Waals surface area contributed by atoms with Crippen LogP contribution in [-0.4, -0.2) is 11.1 Å². The van der Waals surface area contributed by atoms with Crippen molar-refractivity contribution < 1.29 is 9.90 Å². The molecule has 17 heavy (non-hydrogen) atoms. The Morgan fingerprint density at radius 3 is 2.29 bits per heavy atom. The zero-order valence-corrected chi connectivity index (χ0v) is 9.82. The highest BCUT2D eigenvalue weighted by Gasteiger charge is 2.04. The average molecular weight is 247 g/mol. The summed E-state index contributed by atoms with van der Waals surface area (Å²) in [7, 11) is 0. The number of halogens is 1. The lowest BCUT2D eigenvalue weighted by Gasteiger charge is -2.05. The SMILES string of the molecule is O=C(O)Cc1ccc(-c2ccccc2Cl)cc1. The van der Waals surface area contributed by atoms with Crippen LogP contribution >= 0.6 is 11.6 Å². The second kappa shape index (κ2) is 5.02. The molecule has 1 N–H and O–H groups in total. The molecule has 0 spiro atoms. The number of carboxylic acid groups (broad SMARTS) is 1. The van der Waals surface area contributed by atoms with Crippen LogP contribution in [0.3, 0.4) is 0 Å². The first kappa shape index (κ1) is 11.7. The molecule has 0 aliphatic carbocycles. The van der Waals surface area contributed by atoms with Crippen LogP contribution in [0.5, 0.6) is 0 Å². The van der Waals surface area contributed by atoms with Crippen molar-refractivity contribution in [3.8, 4) is 11.1 Å². The van der Waals surface area contributed by atoms with Crippen molar-refractivity contribution in [2.75, 3.05) is 0 Å². The molecular weight excluding hydrogens is 236 g/mol. The molecule has 0 amide bonds. The Morgan fingerprint density at radius 1 is 1.06 bits per heavy atom. The minimum atomic E-state index is -0.824. The third kappa shape index (κ3) is 2.86. The summed E-state index contributed by atoms with van der Waals surface area (Å²) in [4.78, 5) is 10.6. The fourth-order valence-corrected chi connectivity index (χ4v) is 1.92.